The van der Waals surface area contributed by atoms with Gasteiger partial charge >= 0.3 is 0 Å². The predicted molar refractivity (Wildman–Crippen MR) is 119 cm³/mol. The quantitative estimate of drug-likeness (QED) is 0.540. The van der Waals surface area contributed by atoms with E-state index in [0.29, 0.717) is 18.7 Å². The fraction of sp³-hybridized carbons (Fsp3) is 0.250. The van der Waals surface area contributed by atoms with Crippen LogP contribution in [0.25, 0.3) is 16.9 Å². The van der Waals surface area contributed by atoms with Gasteiger partial charge < -0.3 is 14.4 Å². The van der Waals surface area contributed by atoms with Crippen molar-refractivity contribution in [1.29, 1.82) is 0 Å². The molecule has 0 radical (unpaired) electrons. The van der Waals surface area contributed by atoms with Gasteiger partial charge in [-0.3, -0.25) is 4.79 Å². The number of thiazole rings is 1. The largest absolute Gasteiger partial charge is 0.391 e. The Balaban J connectivity index is 1.49. The van der Waals surface area contributed by atoms with Crippen LogP contribution in [0.5, 0.6) is 0 Å². The van der Waals surface area contributed by atoms with Gasteiger partial charge in [0.15, 0.2) is 0 Å². The van der Waals surface area contributed by atoms with Gasteiger partial charge in [-0.25, -0.2) is 4.98 Å². The van der Waals surface area contributed by atoms with Crippen LogP contribution in [0.15, 0.2) is 66.2 Å². The first kappa shape index (κ1) is 19.0. The lowest BCUT2D eigenvalue weighted by Gasteiger charge is -2.30. The second-order valence-electron chi connectivity index (χ2n) is 7.74. The van der Waals surface area contributed by atoms with E-state index in [1.807, 2.05) is 53.1 Å². The van der Waals surface area contributed by atoms with Gasteiger partial charge in [-0.2, -0.15) is 0 Å². The summed E-state index contributed by atoms with van der Waals surface area (Å²) in [5.74, 6) is -0.0246. The molecule has 30 heavy (non-hydrogen) atoms. The molecule has 0 bridgehead atoms. The molecule has 1 aromatic carbocycles. The van der Waals surface area contributed by atoms with Gasteiger partial charge in [0.2, 0.25) is 0 Å². The summed E-state index contributed by atoms with van der Waals surface area (Å²) < 4.78 is 2.04. The maximum Gasteiger partial charge on any atom is 0.256 e. The molecule has 3 aromatic heterocycles. The number of carbonyl (C=O) groups is 1. The van der Waals surface area contributed by atoms with Crippen molar-refractivity contribution in [3.63, 3.8) is 0 Å². The van der Waals surface area contributed by atoms with E-state index in [9.17, 15) is 9.90 Å². The maximum absolute atomic E-state index is 13.2. The highest BCUT2D eigenvalue weighted by Crippen LogP contribution is 2.29. The number of hydrogen-bond acceptors (Lipinski definition) is 4. The number of hydrogen-bond donors (Lipinski definition) is 1. The van der Waals surface area contributed by atoms with E-state index < -0.39 is 6.10 Å². The Morgan fingerprint density at radius 1 is 1.17 bits per heavy atom. The molecule has 1 atom stereocenters. The first-order valence-electron chi connectivity index (χ1n) is 10.2. The Bertz CT molecular complexity index is 1180. The van der Waals surface area contributed by atoms with E-state index in [1.54, 1.807) is 16.2 Å². The molecule has 6 heteroatoms. The molecule has 5 nitrogen and oxygen atoms in total. The van der Waals surface area contributed by atoms with Crippen LogP contribution in [0.3, 0.4) is 0 Å². The van der Waals surface area contributed by atoms with Crippen molar-refractivity contribution in [3.8, 4) is 11.4 Å². The fourth-order valence-electron chi connectivity index (χ4n) is 4.11. The molecule has 0 unspecified atom stereocenters. The summed E-state index contributed by atoms with van der Waals surface area (Å²) in [5.41, 5.74) is 4.57. The van der Waals surface area contributed by atoms with Crippen molar-refractivity contribution in [2.75, 3.05) is 13.1 Å². The third-order valence-corrected chi connectivity index (χ3v) is 6.45. The number of aliphatic hydroxyl groups is 1. The minimum Gasteiger partial charge on any atom is -0.391 e. The number of benzene rings is 1. The molecule has 1 N–H and O–H groups in total. The zero-order valence-electron chi connectivity index (χ0n) is 16.6. The smallest absolute Gasteiger partial charge is 0.256 e. The highest BCUT2D eigenvalue weighted by molar-refractivity contribution is 7.10. The lowest BCUT2D eigenvalue weighted by atomic mass is 10.1. The average Bonchev–Trinajstić information content (AvgIpc) is 3.38. The number of likely N-dealkylation sites (tertiary alicyclic amines) is 1. The van der Waals surface area contributed by atoms with Gasteiger partial charge in [0.1, 0.15) is 0 Å². The first-order valence-corrected chi connectivity index (χ1v) is 11.1. The summed E-state index contributed by atoms with van der Waals surface area (Å²) in [7, 11) is 0. The highest BCUT2D eigenvalue weighted by atomic mass is 32.1. The van der Waals surface area contributed by atoms with Crippen molar-refractivity contribution < 1.29 is 9.90 Å². The standard InChI is InChI=1S/C24H23N3O2S/c28-18-9-6-11-26(15-18)24(29)19-14-22(27-12-5-4-10-21(19)27)20-16-30-23(25-20)13-17-7-2-1-3-8-17/h1-5,7-8,10,12,14,16,18,28H,6,9,11,13,15H2/t18-/m1/s1. The Morgan fingerprint density at radius 3 is 2.83 bits per heavy atom. The molecule has 1 fully saturated rings. The van der Waals surface area contributed by atoms with E-state index in [0.717, 1.165) is 41.2 Å². The van der Waals surface area contributed by atoms with Crippen LogP contribution in [0.2, 0.25) is 0 Å². The van der Waals surface area contributed by atoms with Crippen LogP contribution in [-0.4, -0.2) is 44.5 Å². The molecule has 4 heterocycles. The molecule has 1 amide bonds. The zero-order valence-corrected chi connectivity index (χ0v) is 17.4. The van der Waals surface area contributed by atoms with Gasteiger partial charge in [-0.05, 0) is 36.6 Å². The molecule has 0 aliphatic carbocycles. The Hall–Kier alpha value is -2.96. The number of carbonyl (C=O) groups excluding carboxylic acids is 1. The first-order chi connectivity index (χ1) is 14.7. The predicted octanol–water partition coefficient (Wildman–Crippen LogP) is 4.25. The molecule has 1 saturated heterocycles. The van der Waals surface area contributed by atoms with Crippen molar-refractivity contribution in [2.24, 2.45) is 0 Å². The molecular weight excluding hydrogens is 394 g/mol. The lowest BCUT2D eigenvalue weighted by molar-refractivity contribution is 0.0475. The van der Waals surface area contributed by atoms with Crippen LogP contribution in [0, 0.1) is 0 Å². The number of nitrogens with zero attached hydrogens (tertiary/aromatic N) is 3. The minimum atomic E-state index is -0.435. The van der Waals surface area contributed by atoms with Crippen molar-refractivity contribution in [1.82, 2.24) is 14.3 Å². The van der Waals surface area contributed by atoms with Gasteiger partial charge in [0.05, 0.1) is 33.6 Å². The van der Waals surface area contributed by atoms with Gasteiger partial charge in [0.25, 0.3) is 5.91 Å². The van der Waals surface area contributed by atoms with Gasteiger partial charge in [-0.15, -0.1) is 11.3 Å². The lowest BCUT2D eigenvalue weighted by Crippen LogP contribution is -2.42. The molecule has 1 aliphatic heterocycles. The normalized spacial score (nSPS) is 16.8. The summed E-state index contributed by atoms with van der Waals surface area (Å²) >= 11 is 1.64. The van der Waals surface area contributed by atoms with Crippen molar-refractivity contribution in [3.05, 3.63) is 82.3 Å². The van der Waals surface area contributed by atoms with E-state index in [1.165, 1.54) is 5.56 Å². The van der Waals surface area contributed by atoms with E-state index in [2.05, 4.69) is 17.5 Å². The number of pyridine rings is 1. The number of β-amino-alcohol motifs (C(OH)–C–C–N with tert-alkyl or cyclic N) is 1. The Labute approximate surface area is 179 Å². The number of amides is 1. The molecular formula is C24H23N3O2S. The van der Waals surface area contributed by atoms with Crippen LogP contribution in [0.4, 0.5) is 0 Å². The number of piperidine rings is 1. The molecule has 4 aromatic rings. The fourth-order valence-corrected chi connectivity index (χ4v) is 4.93. The van der Waals surface area contributed by atoms with Crippen LogP contribution >= 0.6 is 11.3 Å². The Morgan fingerprint density at radius 2 is 2.00 bits per heavy atom. The van der Waals surface area contributed by atoms with Gasteiger partial charge in [0, 0.05) is 31.1 Å². The summed E-state index contributed by atoms with van der Waals surface area (Å²) in [5, 5.41) is 13.1. The molecule has 0 spiro atoms. The van der Waals surface area contributed by atoms with Gasteiger partial charge in [-0.1, -0.05) is 36.4 Å². The summed E-state index contributed by atoms with van der Waals surface area (Å²) in [4.78, 5) is 19.9. The molecule has 5 rings (SSSR count). The highest BCUT2D eigenvalue weighted by Gasteiger charge is 2.26. The van der Waals surface area contributed by atoms with Crippen molar-refractivity contribution in [2.45, 2.75) is 25.4 Å². The maximum atomic E-state index is 13.2. The Kier molecular flexibility index (Phi) is 5.11. The monoisotopic (exact) mass is 417 g/mol. The van der Waals surface area contributed by atoms with E-state index in [-0.39, 0.29) is 5.91 Å². The second-order valence-corrected chi connectivity index (χ2v) is 8.68. The zero-order chi connectivity index (χ0) is 20.5. The summed E-state index contributed by atoms with van der Waals surface area (Å²) in [6, 6.07) is 18.1. The number of fused-ring (bicyclic) bond motifs is 1. The summed E-state index contributed by atoms with van der Waals surface area (Å²) in [6.45, 7) is 1.09. The number of aliphatic hydroxyl groups excluding tert-OH is 1. The second kappa shape index (κ2) is 8.05. The average molecular weight is 418 g/mol. The minimum absolute atomic E-state index is 0.0246. The number of rotatable bonds is 4. The molecule has 0 saturated carbocycles. The number of aromatic nitrogens is 2. The summed E-state index contributed by atoms with van der Waals surface area (Å²) in [6.07, 6.45) is 3.93. The topological polar surface area (TPSA) is 57.8 Å². The van der Waals surface area contributed by atoms with Crippen LogP contribution in [0.1, 0.15) is 33.8 Å². The molecule has 152 valence electrons. The SMILES string of the molecule is O=C(c1cc(-c2csc(Cc3ccccc3)n2)n2ccccc12)N1CCC[C@@H](O)C1. The van der Waals surface area contributed by atoms with E-state index >= 15 is 0 Å². The third-order valence-electron chi connectivity index (χ3n) is 5.60. The third kappa shape index (κ3) is 3.64. The van der Waals surface area contributed by atoms with Crippen LogP contribution < -0.4 is 0 Å². The molecule has 1 aliphatic rings. The van der Waals surface area contributed by atoms with E-state index in [4.69, 9.17) is 4.98 Å². The van der Waals surface area contributed by atoms with Crippen LogP contribution in [-0.2, 0) is 6.42 Å². The van der Waals surface area contributed by atoms with Crippen molar-refractivity contribution >= 4 is 22.8 Å².